The lowest BCUT2D eigenvalue weighted by atomic mass is 9.96. The molecular formula is C8H13N3O3S. The van der Waals surface area contributed by atoms with Gasteiger partial charge in [-0.05, 0) is 0 Å². The number of nitrogens with one attached hydrogen (secondary N) is 1. The molecule has 1 aromatic rings. The largest absolute Gasteiger partial charge is 0.479 e. The van der Waals surface area contributed by atoms with Gasteiger partial charge in [-0.1, -0.05) is 20.8 Å². The van der Waals surface area contributed by atoms with Crippen molar-refractivity contribution in [3.8, 4) is 0 Å². The molecular weight excluding hydrogens is 218 g/mol. The average Bonchev–Trinajstić information content (AvgIpc) is 2.51. The van der Waals surface area contributed by atoms with Crippen LogP contribution in [0.4, 0.5) is 5.13 Å². The molecule has 84 valence electrons. The second-order valence-corrected chi connectivity index (χ2v) is 4.71. The summed E-state index contributed by atoms with van der Waals surface area (Å²) < 4.78 is 4.13. The van der Waals surface area contributed by atoms with Gasteiger partial charge in [0.05, 0.1) is 0 Å². The van der Waals surface area contributed by atoms with Crippen LogP contribution in [0.3, 0.4) is 0 Å². The number of hydrogen-bond donors (Lipinski definition) is 2. The summed E-state index contributed by atoms with van der Waals surface area (Å²) in [4.78, 5) is 19.0. The number of hydrogen-bond acceptors (Lipinski definition) is 6. The first-order valence-electron chi connectivity index (χ1n) is 4.33. The monoisotopic (exact) mass is 231 g/mol. The summed E-state index contributed by atoms with van der Waals surface area (Å²) in [5.74, 6) is -0.336. The Bertz CT molecular complexity index is 345. The molecule has 1 rings (SSSR count). The summed E-state index contributed by atoms with van der Waals surface area (Å²) in [6.45, 7) is 5.58. The highest BCUT2D eigenvalue weighted by atomic mass is 32.1. The molecule has 7 heteroatoms. The molecule has 0 saturated carbocycles. The molecule has 15 heavy (non-hydrogen) atoms. The number of carboxylic acid groups (broad SMARTS) is 1. The lowest BCUT2D eigenvalue weighted by Gasteiger charge is -2.12. The van der Waals surface area contributed by atoms with Crippen molar-refractivity contribution in [2.75, 3.05) is 12.1 Å². The van der Waals surface area contributed by atoms with Gasteiger partial charge in [0.25, 0.3) is 0 Å². The summed E-state index contributed by atoms with van der Waals surface area (Å²) in [6.07, 6.45) is 0. The zero-order chi connectivity index (χ0) is 11.5. The van der Waals surface area contributed by atoms with Crippen LogP contribution >= 0.6 is 11.5 Å². The zero-order valence-electron chi connectivity index (χ0n) is 8.77. The standard InChI is InChI=1S/C8H13N3O3S/c1-8(2,3)6-9-7(15-11-6)10-14-4-5(12)13/h4H2,1-3H3,(H,12,13)(H,9,10,11). The van der Waals surface area contributed by atoms with Crippen molar-refractivity contribution in [3.63, 3.8) is 0 Å². The van der Waals surface area contributed by atoms with E-state index in [2.05, 4.69) is 19.7 Å². The first kappa shape index (κ1) is 11.9. The zero-order valence-corrected chi connectivity index (χ0v) is 9.59. The minimum Gasteiger partial charge on any atom is -0.479 e. The average molecular weight is 231 g/mol. The van der Waals surface area contributed by atoms with Gasteiger partial charge in [-0.3, -0.25) is 4.84 Å². The Morgan fingerprint density at radius 2 is 2.27 bits per heavy atom. The van der Waals surface area contributed by atoms with Crippen molar-refractivity contribution in [1.29, 1.82) is 0 Å². The van der Waals surface area contributed by atoms with Crippen LogP contribution in [-0.4, -0.2) is 27.0 Å². The summed E-state index contributed by atoms with van der Waals surface area (Å²) in [7, 11) is 0. The van der Waals surface area contributed by atoms with Crippen molar-refractivity contribution >= 4 is 22.6 Å². The van der Waals surface area contributed by atoms with E-state index in [-0.39, 0.29) is 5.41 Å². The molecule has 0 aliphatic rings. The molecule has 0 bridgehead atoms. The minimum absolute atomic E-state index is 0.122. The molecule has 0 fully saturated rings. The van der Waals surface area contributed by atoms with Crippen molar-refractivity contribution in [1.82, 2.24) is 9.36 Å². The summed E-state index contributed by atoms with van der Waals surface area (Å²) >= 11 is 1.14. The maximum atomic E-state index is 10.2. The molecule has 0 unspecified atom stereocenters. The molecule has 1 aromatic heterocycles. The Kier molecular flexibility index (Phi) is 3.59. The SMILES string of the molecule is CC(C)(C)c1nsc(NOCC(=O)O)n1. The van der Waals surface area contributed by atoms with Crippen LogP contribution in [0.5, 0.6) is 0 Å². The maximum Gasteiger partial charge on any atom is 0.332 e. The van der Waals surface area contributed by atoms with Crippen LogP contribution in [0.15, 0.2) is 0 Å². The molecule has 6 nitrogen and oxygen atoms in total. The van der Waals surface area contributed by atoms with Crippen LogP contribution in [0.25, 0.3) is 0 Å². The van der Waals surface area contributed by atoms with Gasteiger partial charge in [-0.25, -0.2) is 15.3 Å². The maximum absolute atomic E-state index is 10.2. The van der Waals surface area contributed by atoms with Gasteiger partial charge in [0.1, 0.15) is 5.82 Å². The quantitative estimate of drug-likeness (QED) is 0.759. The number of rotatable bonds is 4. The molecule has 0 saturated heterocycles. The van der Waals surface area contributed by atoms with Gasteiger partial charge in [-0.15, -0.1) is 0 Å². The van der Waals surface area contributed by atoms with E-state index >= 15 is 0 Å². The molecule has 2 N–H and O–H groups in total. The topological polar surface area (TPSA) is 84.3 Å². The van der Waals surface area contributed by atoms with Crippen LogP contribution in [0.2, 0.25) is 0 Å². The first-order valence-corrected chi connectivity index (χ1v) is 5.10. The van der Waals surface area contributed by atoms with Gasteiger partial charge < -0.3 is 5.11 Å². The summed E-state index contributed by atoms with van der Waals surface area (Å²) in [5, 5.41) is 8.79. The van der Waals surface area contributed by atoms with E-state index in [1.165, 1.54) is 0 Å². The van der Waals surface area contributed by atoms with Crippen molar-refractivity contribution in [2.24, 2.45) is 0 Å². The number of aliphatic carboxylic acids is 1. The highest BCUT2D eigenvalue weighted by Gasteiger charge is 2.19. The van der Waals surface area contributed by atoms with Crippen molar-refractivity contribution < 1.29 is 14.7 Å². The molecule has 0 aliphatic carbocycles. The molecule has 0 amide bonds. The van der Waals surface area contributed by atoms with E-state index in [9.17, 15) is 4.79 Å². The van der Waals surface area contributed by atoms with Gasteiger partial charge in [0, 0.05) is 16.9 Å². The highest BCUT2D eigenvalue weighted by Crippen LogP contribution is 2.22. The Labute approximate surface area is 91.4 Å². The number of aromatic nitrogens is 2. The van der Waals surface area contributed by atoms with E-state index in [4.69, 9.17) is 5.11 Å². The number of anilines is 1. The molecule has 0 aliphatic heterocycles. The third kappa shape index (κ3) is 3.80. The Morgan fingerprint density at radius 3 is 2.73 bits per heavy atom. The third-order valence-corrected chi connectivity index (χ3v) is 2.06. The summed E-state index contributed by atoms with van der Waals surface area (Å²) in [6, 6.07) is 0. The van der Waals surface area contributed by atoms with Crippen LogP contribution in [-0.2, 0) is 15.0 Å². The molecule has 0 aromatic carbocycles. The second-order valence-electron chi connectivity index (χ2n) is 3.96. The number of carboxylic acids is 1. The van der Waals surface area contributed by atoms with Gasteiger partial charge in [0.15, 0.2) is 6.61 Å². The van der Waals surface area contributed by atoms with E-state index in [1.807, 2.05) is 20.8 Å². The molecule has 0 radical (unpaired) electrons. The van der Waals surface area contributed by atoms with Gasteiger partial charge in [-0.2, -0.15) is 4.37 Å². The fourth-order valence-electron chi connectivity index (χ4n) is 0.729. The molecule has 0 spiro atoms. The van der Waals surface area contributed by atoms with Crippen molar-refractivity contribution in [2.45, 2.75) is 26.2 Å². The minimum atomic E-state index is -1.04. The van der Waals surface area contributed by atoms with Gasteiger partial charge >= 0.3 is 5.97 Å². The smallest absolute Gasteiger partial charge is 0.332 e. The normalized spacial score (nSPS) is 11.4. The van der Waals surface area contributed by atoms with Crippen LogP contribution < -0.4 is 5.48 Å². The molecule has 1 heterocycles. The fourth-order valence-corrected chi connectivity index (χ4v) is 1.44. The van der Waals surface area contributed by atoms with E-state index in [0.29, 0.717) is 11.0 Å². The van der Waals surface area contributed by atoms with E-state index < -0.39 is 12.6 Å². The Hall–Kier alpha value is -1.21. The fraction of sp³-hybridized carbons (Fsp3) is 0.625. The Morgan fingerprint density at radius 1 is 1.60 bits per heavy atom. The third-order valence-electron chi connectivity index (χ3n) is 1.45. The predicted octanol–water partition coefficient (Wildman–Crippen LogP) is 1.26. The number of carbonyl (C=O) groups is 1. The predicted molar refractivity (Wildman–Crippen MR) is 55.8 cm³/mol. The van der Waals surface area contributed by atoms with Crippen molar-refractivity contribution in [3.05, 3.63) is 5.82 Å². The van der Waals surface area contributed by atoms with E-state index in [1.54, 1.807) is 0 Å². The van der Waals surface area contributed by atoms with Gasteiger partial charge in [0.2, 0.25) is 5.13 Å². The lowest BCUT2D eigenvalue weighted by Crippen LogP contribution is -2.14. The second kappa shape index (κ2) is 4.54. The first-order chi connectivity index (χ1) is 6.89. The van der Waals surface area contributed by atoms with E-state index in [0.717, 1.165) is 11.5 Å². The number of nitrogens with zero attached hydrogens (tertiary/aromatic N) is 2. The van der Waals surface area contributed by atoms with Crippen LogP contribution in [0.1, 0.15) is 26.6 Å². The summed E-state index contributed by atoms with van der Waals surface area (Å²) in [5.41, 5.74) is 2.31. The highest BCUT2D eigenvalue weighted by molar-refractivity contribution is 7.09. The Balaban J connectivity index is 2.50. The molecule has 0 atom stereocenters. The lowest BCUT2D eigenvalue weighted by molar-refractivity contribution is -0.141. The van der Waals surface area contributed by atoms with Crippen LogP contribution in [0, 0.1) is 0 Å².